The van der Waals surface area contributed by atoms with Crippen LogP contribution in [0, 0.1) is 0 Å². The van der Waals surface area contributed by atoms with Crippen molar-refractivity contribution < 1.29 is 0 Å². The SMILES string of the molecule is CCCCC(CC)=NN(C)c1ccccc1. The lowest BCUT2D eigenvalue weighted by Crippen LogP contribution is -2.12. The first kappa shape index (κ1) is 12.8. The van der Waals surface area contributed by atoms with Crippen molar-refractivity contribution >= 4 is 11.4 Å². The van der Waals surface area contributed by atoms with Gasteiger partial charge in [-0.1, -0.05) is 38.5 Å². The molecule has 0 saturated carbocycles. The Labute approximate surface area is 99.0 Å². The van der Waals surface area contributed by atoms with Gasteiger partial charge in [-0.05, 0) is 31.4 Å². The quantitative estimate of drug-likeness (QED) is 0.519. The third-order valence-electron chi connectivity index (χ3n) is 2.65. The first-order chi connectivity index (χ1) is 7.77. The predicted octanol–water partition coefficient (Wildman–Crippen LogP) is 4.08. The molecular formula is C14H22N2. The summed E-state index contributed by atoms with van der Waals surface area (Å²) in [5.41, 5.74) is 2.43. The molecule has 0 radical (unpaired) electrons. The third kappa shape index (κ3) is 4.05. The second-order valence-corrected chi connectivity index (χ2v) is 3.98. The van der Waals surface area contributed by atoms with Crippen LogP contribution in [0.25, 0.3) is 0 Å². The van der Waals surface area contributed by atoms with Gasteiger partial charge in [-0.2, -0.15) is 5.10 Å². The Balaban J connectivity index is 2.66. The van der Waals surface area contributed by atoms with Gasteiger partial charge in [0.2, 0.25) is 0 Å². The number of nitrogens with zero attached hydrogens (tertiary/aromatic N) is 2. The van der Waals surface area contributed by atoms with Gasteiger partial charge in [0, 0.05) is 12.8 Å². The van der Waals surface area contributed by atoms with E-state index in [1.54, 1.807) is 0 Å². The standard InChI is InChI=1S/C14H22N2/c1-4-6-10-13(5-2)15-16(3)14-11-8-7-9-12-14/h7-9,11-12H,4-6,10H2,1-3H3. The number of hydrogen-bond donors (Lipinski definition) is 0. The van der Waals surface area contributed by atoms with Gasteiger partial charge in [-0.3, -0.25) is 5.01 Å². The van der Waals surface area contributed by atoms with E-state index in [2.05, 4.69) is 31.1 Å². The summed E-state index contributed by atoms with van der Waals surface area (Å²) in [6.45, 7) is 4.39. The fraction of sp³-hybridized carbons (Fsp3) is 0.500. The maximum absolute atomic E-state index is 4.65. The molecule has 0 saturated heterocycles. The van der Waals surface area contributed by atoms with Crippen LogP contribution in [0.15, 0.2) is 35.4 Å². The number of para-hydroxylation sites is 1. The van der Waals surface area contributed by atoms with E-state index in [-0.39, 0.29) is 0 Å². The molecule has 88 valence electrons. The number of anilines is 1. The van der Waals surface area contributed by atoms with Gasteiger partial charge < -0.3 is 0 Å². The van der Waals surface area contributed by atoms with Crippen molar-refractivity contribution in [1.82, 2.24) is 0 Å². The van der Waals surface area contributed by atoms with Gasteiger partial charge in [-0.25, -0.2) is 0 Å². The summed E-state index contributed by atoms with van der Waals surface area (Å²) in [4.78, 5) is 0. The number of rotatable bonds is 6. The summed E-state index contributed by atoms with van der Waals surface area (Å²) in [6, 6.07) is 10.3. The highest BCUT2D eigenvalue weighted by molar-refractivity contribution is 5.85. The highest BCUT2D eigenvalue weighted by Crippen LogP contribution is 2.12. The molecule has 0 heterocycles. The monoisotopic (exact) mass is 218 g/mol. The lowest BCUT2D eigenvalue weighted by molar-refractivity contribution is 0.818. The minimum absolute atomic E-state index is 1.04. The molecule has 0 aliphatic heterocycles. The maximum Gasteiger partial charge on any atom is 0.0590 e. The highest BCUT2D eigenvalue weighted by Gasteiger charge is 2.00. The molecule has 2 heteroatoms. The van der Waals surface area contributed by atoms with Crippen molar-refractivity contribution in [3.63, 3.8) is 0 Å². The van der Waals surface area contributed by atoms with E-state index in [0.29, 0.717) is 0 Å². The molecule has 1 aromatic rings. The van der Waals surface area contributed by atoms with Gasteiger partial charge in [0.15, 0.2) is 0 Å². The summed E-state index contributed by atoms with van der Waals surface area (Å²) < 4.78 is 0. The summed E-state index contributed by atoms with van der Waals surface area (Å²) in [5.74, 6) is 0. The largest absolute Gasteiger partial charge is 0.269 e. The Bertz CT molecular complexity index is 317. The summed E-state index contributed by atoms with van der Waals surface area (Å²) in [5, 5.41) is 6.62. The second kappa shape index (κ2) is 7.04. The molecule has 0 amide bonds. The van der Waals surface area contributed by atoms with Gasteiger partial charge >= 0.3 is 0 Å². The number of benzene rings is 1. The van der Waals surface area contributed by atoms with Crippen LogP contribution < -0.4 is 5.01 Å². The summed E-state index contributed by atoms with van der Waals surface area (Å²) in [7, 11) is 2.01. The fourth-order valence-corrected chi connectivity index (χ4v) is 1.59. The smallest absolute Gasteiger partial charge is 0.0590 e. The normalized spacial score (nSPS) is 11.6. The van der Waals surface area contributed by atoms with Crippen molar-refractivity contribution in [2.24, 2.45) is 5.10 Å². The van der Waals surface area contributed by atoms with Crippen LogP contribution in [0.2, 0.25) is 0 Å². The van der Waals surface area contributed by atoms with E-state index in [0.717, 1.165) is 18.5 Å². The Morgan fingerprint density at radius 3 is 2.44 bits per heavy atom. The zero-order valence-corrected chi connectivity index (χ0v) is 10.6. The van der Waals surface area contributed by atoms with Crippen LogP contribution in [0.1, 0.15) is 39.5 Å². The first-order valence-corrected chi connectivity index (χ1v) is 6.13. The molecule has 0 unspecified atom stereocenters. The molecule has 0 fully saturated rings. The molecule has 16 heavy (non-hydrogen) atoms. The van der Waals surface area contributed by atoms with Crippen LogP contribution in [-0.4, -0.2) is 12.8 Å². The Kier molecular flexibility index (Phi) is 5.62. The Hall–Kier alpha value is -1.31. The highest BCUT2D eigenvalue weighted by atomic mass is 15.4. The average Bonchev–Trinajstić information content (AvgIpc) is 2.35. The molecule has 0 spiro atoms. The van der Waals surface area contributed by atoms with Crippen LogP contribution in [0.4, 0.5) is 5.69 Å². The molecule has 0 bridgehead atoms. The zero-order chi connectivity index (χ0) is 11.8. The lowest BCUT2D eigenvalue weighted by Gasteiger charge is -2.15. The number of unbranched alkanes of at least 4 members (excludes halogenated alkanes) is 1. The lowest BCUT2D eigenvalue weighted by atomic mass is 10.1. The van der Waals surface area contributed by atoms with Gasteiger partial charge in [0.25, 0.3) is 0 Å². The molecule has 0 aliphatic rings. The van der Waals surface area contributed by atoms with Crippen LogP contribution in [-0.2, 0) is 0 Å². The van der Waals surface area contributed by atoms with Crippen molar-refractivity contribution in [3.05, 3.63) is 30.3 Å². The number of hydrogen-bond acceptors (Lipinski definition) is 2. The molecule has 0 aliphatic carbocycles. The van der Waals surface area contributed by atoms with Crippen molar-refractivity contribution in [1.29, 1.82) is 0 Å². The molecule has 0 atom stereocenters. The van der Waals surface area contributed by atoms with Crippen molar-refractivity contribution in [2.75, 3.05) is 12.1 Å². The average molecular weight is 218 g/mol. The van der Waals surface area contributed by atoms with Crippen molar-refractivity contribution in [2.45, 2.75) is 39.5 Å². The third-order valence-corrected chi connectivity index (χ3v) is 2.65. The molecular weight excluding hydrogens is 196 g/mol. The maximum atomic E-state index is 4.65. The van der Waals surface area contributed by atoms with E-state index >= 15 is 0 Å². The fourth-order valence-electron chi connectivity index (χ4n) is 1.59. The van der Waals surface area contributed by atoms with Crippen LogP contribution >= 0.6 is 0 Å². The second-order valence-electron chi connectivity index (χ2n) is 3.98. The van der Waals surface area contributed by atoms with E-state index < -0.39 is 0 Å². The van der Waals surface area contributed by atoms with E-state index in [9.17, 15) is 0 Å². The van der Waals surface area contributed by atoms with Crippen LogP contribution in [0.3, 0.4) is 0 Å². The number of hydrazone groups is 1. The van der Waals surface area contributed by atoms with E-state index in [1.165, 1.54) is 18.6 Å². The van der Waals surface area contributed by atoms with E-state index in [1.807, 2.05) is 30.3 Å². The minimum Gasteiger partial charge on any atom is -0.269 e. The Morgan fingerprint density at radius 2 is 1.88 bits per heavy atom. The zero-order valence-electron chi connectivity index (χ0n) is 10.6. The minimum atomic E-state index is 1.04. The predicted molar refractivity (Wildman–Crippen MR) is 72.1 cm³/mol. The summed E-state index contributed by atoms with van der Waals surface area (Å²) >= 11 is 0. The van der Waals surface area contributed by atoms with Gasteiger partial charge in [0.1, 0.15) is 0 Å². The van der Waals surface area contributed by atoms with Gasteiger partial charge in [0.05, 0.1) is 5.69 Å². The molecule has 2 nitrogen and oxygen atoms in total. The van der Waals surface area contributed by atoms with Crippen LogP contribution in [0.5, 0.6) is 0 Å². The van der Waals surface area contributed by atoms with Gasteiger partial charge in [-0.15, -0.1) is 0 Å². The van der Waals surface area contributed by atoms with Crippen molar-refractivity contribution in [3.8, 4) is 0 Å². The Morgan fingerprint density at radius 1 is 1.19 bits per heavy atom. The topological polar surface area (TPSA) is 15.6 Å². The summed E-state index contributed by atoms with van der Waals surface area (Å²) in [6.07, 6.45) is 4.62. The molecule has 1 rings (SSSR count). The first-order valence-electron chi connectivity index (χ1n) is 6.13. The molecule has 0 N–H and O–H groups in total. The molecule has 1 aromatic carbocycles. The molecule has 0 aromatic heterocycles. The van der Waals surface area contributed by atoms with E-state index in [4.69, 9.17) is 0 Å².